The van der Waals surface area contributed by atoms with E-state index in [9.17, 15) is 0 Å². The molecular weight excluding hydrogens is 236 g/mol. The van der Waals surface area contributed by atoms with Crippen LogP contribution in [0.3, 0.4) is 0 Å². The van der Waals surface area contributed by atoms with Crippen LogP contribution in [0.1, 0.15) is 40.0 Å². The molecule has 1 aliphatic heterocycles. The van der Waals surface area contributed by atoms with Crippen molar-refractivity contribution in [2.45, 2.75) is 52.6 Å². The molecule has 4 nitrogen and oxygen atoms in total. The molecular formula is C15H28N4. The van der Waals surface area contributed by atoms with E-state index in [2.05, 4.69) is 46.7 Å². The van der Waals surface area contributed by atoms with Gasteiger partial charge in [0.2, 0.25) is 5.95 Å². The lowest BCUT2D eigenvalue weighted by molar-refractivity contribution is 0.223. The van der Waals surface area contributed by atoms with Crippen molar-refractivity contribution in [1.29, 1.82) is 0 Å². The molecule has 1 N–H and O–H groups in total. The first-order valence-corrected chi connectivity index (χ1v) is 7.65. The number of rotatable bonds is 6. The third-order valence-electron chi connectivity index (χ3n) is 3.63. The number of nitrogens with one attached hydrogen (secondary N) is 1. The summed E-state index contributed by atoms with van der Waals surface area (Å²) in [4.78, 5) is 7.00. The van der Waals surface area contributed by atoms with Gasteiger partial charge >= 0.3 is 0 Å². The Morgan fingerprint density at radius 1 is 1.16 bits per heavy atom. The van der Waals surface area contributed by atoms with Gasteiger partial charge in [-0.25, -0.2) is 4.98 Å². The van der Waals surface area contributed by atoms with E-state index in [-0.39, 0.29) is 0 Å². The van der Waals surface area contributed by atoms with Crippen LogP contribution in [0.2, 0.25) is 0 Å². The van der Waals surface area contributed by atoms with Crippen LogP contribution in [-0.2, 0) is 6.54 Å². The molecule has 0 radical (unpaired) electrons. The smallest absolute Gasteiger partial charge is 0.203 e. The van der Waals surface area contributed by atoms with Crippen LogP contribution in [0, 0.1) is 5.92 Å². The first-order valence-electron chi connectivity index (χ1n) is 7.65. The Hall–Kier alpha value is -1.03. The summed E-state index contributed by atoms with van der Waals surface area (Å²) in [5.74, 6) is 1.66. The van der Waals surface area contributed by atoms with E-state index in [4.69, 9.17) is 0 Å². The lowest BCUT2D eigenvalue weighted by Crippen LogP contribution is -2.38. The van der Waals surface area contributed by atoms with Gasteiger partial charge in [-0.1, -0.05) is 20.3 Å². The summed E-state index contributed by atoms with van der Waals surface area (Å²) in [6.07, 6.45) is 8.06. The molecule has 0 bridgehead atoms. The summed E-state index contributed by atoms with van der Waals surface area (Å²) >= 11 is 0. The van der Waals surface area contributed by atoms with Crippen LogP contribution in [0.4, 0.5) is 5.95 Å². The van der Waals surface area contributed by atoms with Crippen molar-refractivity contribution in [2.24, 2.45) is 5.92 Å². The van der Waals surface area contributed by atoms with E-state index < -0.39 is 0 Å². The monoisotopic (exact) mass is 264 g/mol. The minimum absolute atomic E-state index is 0.450. The van der Waals surface area contributed by atoms with Gasteiger partial charge in [0.05, 0.1) is 0 Å². The van der Waals surface area contributed by atoms with Crippen molar-refractivity contribution in [2.75, 3.05) is 25.0 Å². The summed E-state index contributed by atoms with van der Waals surface area (Å²) in [7, 11) is 0. The zero-order chi connectivity index (χ0) is 13.7. The fourth-order valence-electron chi connectivity index (χ4n) is 2.79. The molecule has 2 rings (SSSR count). The molecule has 19 heavy (non-hydrogen) atoms. The predicted octanol–water partition coefficient (Wildman–Crippen LogP) is 2.83. The Morgan fingerprint density at radius 2 is 1.89 bits per heavy atom. The Kier molecular flexibility index (Phi) is 5.25. The number of piperidine rings is 1. The molecule has 1 aliphatic rings. The van der Waals surface area contributed by atoms with Crippen molar-refractivity contribution in [3.05, 3.63) is 12.4 Å². The second-order valence-electron chi connectivity index (χ2n) is 6.20. The van der Waals surface area contributed by atoms with Crippen molar-refractivity contribution >= 4 is 5.95 Å². The first kappa shape index (κ1) is 14.4. The molecule has 1 atom stereocenters. The molecule has 1 fully saturated rings. The van der Waals surface area contributed by atoms with Crippen molar-refractivity contribution in [1.82, 2.24) is 14.5 Å². The molecule has 0 amide bonds. The fraction of sp³-hybridized carbons (Fsp3) is 0.800. The topological polar surface area (TPSA) is 33.1 Å². The lowest BCUT2D eigenvalue weighted by Gasteiger charge is -2.29. The minimum atomic E-state index is 0.450. The molecule has 1 saturated heterocycles. The normalized spacial score (nSPS) is 18.7. The van der Waals surface area contributed by atoms with Gasteiger partial charge in [0, 0.05) is 31.5 Å². The molecule has 1 aromatic heterocycles. The highest BCUT2D eigenvalue weighted by Crippen LogP contribution is 2.12. The minimum Gasteiger partial charge on any atom is -0.352 e. The summed E-state index contributed by atoms with van der Waals surface area (Å²) in [5.41, 5.74) is 0. The maximum Gasteiger partial charge on any atom is 0.203 e. The van der Waals surface area contributed by atoms with Gasteiger partial charge in [-0.05, 0) is 38.8 Å². The van der Waals surface area contributed by atoms with E-state index in [1.807, 2.05) is 6.20 Å². The highest BCUT2D eigenvalue weighted by molar-refractivity contribution is 5.27. The molecule has 108 valence electrons. The average Bonchev–Trinajstić information content (AvgIpc) is 2.77. The second kappa shape index (κ2) is 6.94. The average molecular weight is 264 g/mol. The number of likely N-dealkylation sites (tertiary alicyclic amines) is 1. The molecule has 2 heterocycles. The molecule has 1 unspecified atom stereocenters. The SMILES string of the molecule is CC(C)Cn1ccnc1NC(C)CN1CCCCC1. The third-order valence-corrected chi connectivity index (χ3v) is 3.63. The zero-order valence-electron chi connectivity index (χ0n) is 12.6. The maximum atomic E-state index is 4.44. The predicted molar refractivity (Wildman–Crippen MR) is 80.4 cm³/mol. The van der Waals surface area contributed by atoms with E-state index >= 15 is 0 Å². The van der Waals surface area contributed by atoms with Crippen LogP contribution in [0.25, 0.3) is 0 Å². The number of hydrogen-bond donors (Lipinski definition) is 1. The van der Waals surface area contributed by atoms with Gasteiger partial charge in [0.1, 0.15) is 0 Å². The van der Waals surface area contributed by atoms with E-state index in [0.717, 1.165) is 19.0 Å². The fourth-order valence-corrected chi connectivity index (χ4v) is 2.79. The summed E-state index contributed by atoms with van der Waals surface area (Å²) in [6, 6.07) is 0.450. The van der Waals surface area contributed by atoms with Gasteiger partial charge < -0.3 is 14.8 Å². The number of imidazole rings is 1. The summed E-state index contributed by atoms with van der Waals surface area (Å²) < 4.78 is 2.22. The van der Waals surface area contributed by atoms with Gasteiger partial charge in [-0.3, -0.25) is 0 Å². The quantitative estimate of drug-likeness (QED) is 0.857. The Morgan fingerprint density at radius 3 is 2.58 bits per heavy atom. The van der Waals surface area contributed by atoms with Crippen LogP contribution in [0.5, 0.6) is 0 Å². The van der Waals surface area contributed by atoms with Gasteiger partial charge in [-0.2, -0.15) is 0 Å². The highest BCUT2D eigenvalue weighted by Gasteiger charge is 2.14. The van der Waals surface area contributed by atoms with Gasteiger partial charge in [0.15, 0.2) is 0 Å². The number of hydrogen-bond acceptors (Lipinski definition) is 3. The Balaban J connectivity index is 1.84. The summed E-state index contributed by atoms with van der Waals surface area (Å²) in [5, 5.41) is 3.55. The second-order valence-corrected chi connectivity index (χ2v) is 6.20. The molecule has 0 aliphatic carbocycles. The van der Waals surface area contributed by atoms with E-state index in [1.165, 1.54) is 32.4 Å². The van der Waals surface area contributed by atoms with Gasteiger partial charge in [0.25, 0.3) is 0 Å². The molecule has 4 heteroatoms. The van der Waals surface area contributed by atoms with Crippen LogP contribution < -0.4 is 5.32 Å². The van der Waals surface area contributed by atoms with E-state index in [1.54, 1.807) is 0 Å². The Bertz CT molecular complexity index is 366. The van der Waals surface area contributed by atoms with Crippen molar-refractivity contribution in [3.63, 3.8) is 0 Å². The maximum absolute atomic E-state index is 4.44. The van der Waals surface area contributed by atoms with Crippen LogP contribution >= 0.6 is 0 Å². The highest BCUT2D eigenvalue weighted by atomic mass is 15.2. The number of nitrogens with zero attached hydrogens (tertiary/aromatic N) is 3. The lowest BCUT2D eigenvalue weighted by atomic mass is 10.1. The molecule has 1 aromatic rings. The largest absolute Gasteiger partial charge is 0.352 e. The number of aromatic nitrogens is 2. The van der Waals surface area contributed by atoms with Crippen molar-refractivity contribution < 1.29 is 0 Å². The summed E-state index contributed by atoms with van der Waals surface area (Å²) in [6.45, 7) is 11.4. The number of anilines is 1. The van der Waals surface area contributed by atoms with Crippen molar-refractivity contribution in [3.8, 4) is 0 Å². The van der Waals surface area contributed by atoms with Crippen LogP contribution in [0.15, 0.2) is 12.4 Å². The molecule has 0 aromatic carbocycles. The molecule has 0 saturated carbocycles. The molecule has 0 spiro atoms. The van der Waals surface area contributed by atoms with Gasteiger partial charge in [-0.15, -0.1) is 0 Å². The van der Waals surface area contributed by atoms with Crippen LogP contribution in [-0.4, -0.2) is 40.1 Å². The van der Waals surface area contributed by atoms with E-state index in [0.29, 0.717) is 12.0 Å². The zero-order valence-corrected chi connectivity index (χ0v) is 12.6. The standard InChI is InChI=1S/C15H28N4/c1-13(2)11-19-10-7-16-15(19)17-14(3)12-18-8-5-4-6-9-18/h7,10,13-14H,4-6,8-9,11-12H2,1-3H3,(H,16,17). The third kappa shape index (κ3) is 4.53. The Labute approximate surface area is 117 Å². The first-order chi connectivity index (χ1) is 9.15.